The Morgan fingerprint density at radius 1 is 1.09 bits per heavy atom. The van der Waals surface area contributed by atoms with Gasteiger partial charge in [0, 0.05) is 26.1 Å². The predicted octanol–water partition coefficient (Wildman–Crippen LogP) is 2.99. The highest BCUT2D eigenvalue weighted by molar-refractivity contribution is 5.81. The fourth-order valence-electron chi connectivity index (χ4n) is 3.91. The number of fused-ring (bicyclic) bond motifs is 1. The number of nitrogens with zero attached hydrogens (tertiary/aromatic N) is 6. The number of hydrogen-bond donors (Lipinski definition) is 0. The van der Waals surface area contributed by atoms with Gasteiger partial charge >= 0.3 is 0 Å². The minimum atomic E-state index is -0.183. The molecule has 182 valence electrons. The molecule has 10 nitrogen and oxygen atoms in total. The Morgan fingerprint density at radius 2 is 1.80 bits per heavy atom. The van der Waals surface area contributed by atoms with E-state index in [1.165, 1.54) is 31.4 Å². The molecule has 0 spiro atoms. The number of carbonyl (C=O) groups is 1. The van der Waals surface area contributed by atoms with Gasteiger partial charge in [0.1, 0.15) is 12.7 Å². The zero-order valence-electron chi connectivity index (χ0n) is 20.2. The summed E-state index contributed by atoms with van der Waals surface area (Å²) in [5, 5.41) is 4.56. The Bertz CT molecular complexity index is 1370. The molecule has 0 aliphatic rings. The van der Waals surface area contributed by atoms with Gasteiger partial charge in [-0.3, -0.25) is 14.2 Å². The van der Waals surface area contributed by atoms with Crippen molar-refractivity contribution >= 4 is 16.8 Å². The normalized spacial score (nSPS) is 11.9. The third-order valence-electron chi connectivity index (χ3n) is 6.15. The van der Waals surface area contributed by atoms with Crippen LogP contribution in [0.4, 0.5) is 0 Å². The van der Waals surface area contributed by atoms with E-state index in [1.54, 1.807) is 35.1 Å². The molecule has 0 aliphatic heterocycles. The Kier molecular flexibility index (Phi) is 7.09. The molecule has 0 saturated heterocycles. The number of rotatable bonds is 9. The van der Waals surface area contributed by atoms with Crippen molar-refractivity contribution in [2.75, 3.05) is 21.3 Å². The molecule has 10 heteroatoms. The highest BCUT2D eigenvalue weighted by Gasteiger charge is 2.18. The average molecular weight is 477 g/mol. The molecule has 35 heavy (non-hydrogen) atoms. The van der Waals surface area contributed by atoms with Crippen LogP contribution in [0.2, 0.25) is 0 Å². The quantitative estimate of drug-likeness (QED) is 0.366. The summed E-state index contributed by atoms with van der Waals surface area (Å²) in [6.45, 7) is 2.37. The second kappa shape index (κ2) is 10.4. The van der Waals surface area contributed by atoms with Crippen LogP contribution in [0.25, 0.3) is 16.6 Å². The molecule has 0 saturated carbocycles. The summed E-state index contributed by atoms with van der Waals surface area (Å²) in [4.78, 5) is 35.8. The van der Waals surface area contributed by atoms with Crippen LogP contribution in [0.1, 0.15) is 31.4 Å². The molecule has 2 aromatic heterocycles. The third kappa shape index (κ3) is 5.01. The second-order valence-corrected chi connectivity index (χ2v) is 8.18. The number of benzene rings is 2. The van der Waals surface area contributed by atoms with Gasteiger partial charge in [0.15, 0.2) is 11.5 Å². The van der Waals surface area contributed by atoms with Crippen molar-refractivity contribution in [2.45, 2.75) is 32.4 Å². The van der Waals surface area contributed by atoms with E-state index >= 15 is 0 Å². The number of aromatic nitrogens is 5. The molecule has 2 heterocycles. The zero-order chi connectivity index (χ0) is 24.9. The first-order valence-corrected chi connectivity index (χ1v) is 11.2. The van der Waals surface area contributed by atoms with Gasteiger partial charge in [0.05, 0.1) is 43.2 Å². The fraction of sp³-hybridized carbons (Fsp3) is 0.320. The van der Waals surface area contributed by atoms with Gasteiger partial charge in [-0.05, 0) is 37.1 Å². The Labute approximate surface area is 202 Å². The number of hydrogen-bond acceptors (Lipinski definition) is 7. The fourth-order valence-corrected chi connectivity index (χ4v) is 3.91. The molecule has 2 aromatic carbocycles. The lowest BCUT2D eigenvalue weighted by molar-refractivity contribution is -0.131. The molecule has 0 bridgehead atoms. The Hall–Kier alpha value is -4.21. The van der Waals surface area contributed by atoms with Crippen molar-refractivity contribution in [3.8, 4) is 17.2 Å². The average Bonchev–Trinajstić information content (AvgIpc) is 3.43. The maximum absolute atomic E-state index is 12.9. The lowest BCUT2D eigenvalue weighted by Crippen LogP contribution is -2.30. The number of aryl methyl sites for hydroxylation is 1. The van der Waals surface area contributed by atoms with E-state index < -0.39 is 0 Å². The van der Waals surface area contributed by atoms with E-state index in [9.17, 15) is 9.59 Å². The topological polar surface area (TPSA) is 104 Å². The van der Waals surface area contributed by atoms with Gasteiger partial charge < -0.3 is 14.4 Å². The molecule has 4 aromatic rings. The van der Waals surface area contributed by atoms with E-state index in [2.05, 4.69) is 15.1 Å². The van der Waals surface area contributed by atoms with Crippen LogP contribution in [0.15, 0.2) is 60.2 Å². The first-order chi connectivity index (χ1) is 16.9. The summed E-state index contributed by atoms with van der Waals surface area (Å²) in [6, 6.07) is 11.1. The molecule has 0 fully saturated rings. The van der Waals surface area contributed by atoms with Crippen molar-refractivity contribution in [1.82, 2.24) is 29.2 Å². The maximum Gasteiger partial charge on any atom is 0.261 e. The summed E-state index contributed by atoms with van der Waals surface area (Å²) in [7, 11) is 4.85. The van der Waals surface area contributed by atoms with Gasteiger partial charge in [0.2, 0.25) is 5.91 Å². The van der Waals surface area contributed by atoms with E-state index in [-0.39, 0.29) is 17.5 Å². The van der Waals surface area contributed by atoms with Crippen molar-refractivity contribution in [1.29, 1.82) is 0 Å². The summed E-state index contributed by atoms with van der Waals surface area (Å²) in [5.41, 5.74) is 2.27. The minimum Gasteiger partial charge on any atom is -0.493 e. The number of carbonyl (C=O) groups excluding carboxylic acids is 1. The van der Waals surface area contributed by atoms with Crippen molar-refractivity contribution in [3.05, 3.63) is 71.3 Å². The highest BCUT2D eigenvalue weighted by Crippen LogP contribution is 2.29. The van der Waals surface area contributed by atoms with Crippen molar-refractivity contribution < 1.29 is 14.3 Å². The molecule has 4 rings (SSSR count). The summed E-state index contributed by atoms with van der Waals surface area (Å²) in [6.07, 6.45) is 5.46. The lowest BCUT2D eigenvalue weighted by atomic mass is 10.1. The summed E-state index contributed by atoms with van der Waals surface area (Å²) >= 11 is 0. The van der Waals surface area contributed by atoms with Gasteiger partial charge in [0.25, 0.3) is 5.56 Å². The van der Waals surface area contributed by atoms with E-state index in [4.69, 9.17) is 9.47 Å². The van der Waals surface area contributed by atoms with Gasteiger partial charge in [-0.1, -0.05) is 12.1 Å². The smallest absolute Gasteiger partial charge is 0.261 e. The number of amides is 1. The largest absolute Gasteiger partial charge is 0.493 e. The van der Waals surface area contributed by atoms with Crippen LogP contribution < -0.4 is 15.0 Å². The van der Waals surface area contributed by atoms with E-state index in [0.717, 1.165) is 11.3 Å². The molecule has 0 aliphatic carbocycles. The van der Waals surface area contributed by atoms with Crippen LogP contribution >= 0.6 is 0 Å². The molecular weight excluding hydrogens is 448 g/mol. The van der Waals surface area contributed by atoms with Gasteiger partial charge in [-0.15, -0.1) is 0 Å². The zero-order valence-corrected chi connectivity index (χ0v) is 20.2. The maximum atomic E-state index is 12.9. The van der Waals surface area contributed by atoms with Crippen molar-refractivity contribution in [2.24, 2.45) is 0 Å². The predicted molar refractivity (Wildman–Crippen MR) is 131 cm³/mol. The van der Waals surface area contributed by atoms with Crippen molar-refractivity contribution in [3.63, 3.8) is 0 Å². The summed E-state index contributed by atoms with van der Waals surface area (Å²) in [5.74, 6) is 0.989. The van der Waals surface area contributed by atoms with Crippen LogP contribution in [0, 0.1) is 0 Å². The molecule has 0 radical (unpaired) electrons. The van der Waals surface area contributed by atoms with Gasteiger partial charge in [-0.25, -0.2) is 14.6 Å². The molecule has 0 N–H and O–H groups in total. The molecular formula is C25H28N6O4. The minimum absolute atomic E-state index is 0.00561. The Balaban J connectivity index is 1.38. The molecule has 1 atom stereocenters. The van der Waals surface area contributed by atoms with Crippen LogP contribution in [0.5, 0.6) is 11.5 Å². The monoisotopic (exact) mass is 476 g/mol. The van der Waals surface area contributed by atoms with Crippen LogP contribution in [-0.4, -0.2) is 56.4 Å². The standard InChI is InChI=1S/C25H28N6O4/c1-17(18-7-9-19(10-8-18)31-15-26-14-28-31)29(2)24(32)6-5-11-30-16-27-21-13-23(35-4)22(34-3)12-20(21)25(30)33/h7-10,12-17H,5-6,11H2,1-4H3. The van der Waals surface area contributed by atoms with Gasteiger partial charge in [-0.2, -0.15) is 5.10 Å². The van der Waals surface area contributed by atoms with E-state index in [1.807, 2.05) is 31.2 Å². The Morgan fingerprint density at radius 3 is 2.46 bits per heavy atom. The first kappa shape index (κ1) is 23.9. The highest BCUT2D eigenvalue weighted by atomic mass is 16.5. The number of methoxy groups -OCH3 is 2. The SMILES string of the molecule is COc1cc2ncn(CCCC(=O)N(C)C(C)c3ccc(-n4cncn4)cc3)c(=O)c2cc1OC. The lowest BCUT2D eigenvalue weighted by Gasteiger charge is -2.25. The first-order valence-electron chi connectivity index (χ1n) is 11.2. The molecule has 1 amide bonds. The van der Waals surface area contributed by atoms with E-state index in [0.29, 0.717) is 41.8 Å². The summed E-state index contributed by atoms with van der Waals surface area (Å²) < 4.78 is 13.8. The number of ether oxygens (including phenoxy) is 2. The van der Waals surface area contributed by atoms with Crippen LogP contribution in [-0.2, 0) is 11.3 Å². The van der Waals surface area contributed by atoms with Crippen LogP contribution in [0.3, 0.4) is 0 Å². The second-order valence-electron chi connectivity index (χ2n) is 8.18. The molecule has 1 unspecified atom stereocenters. The third-order valence-corrected chi connectivity index (χ3v) is 6.15.